The summed E-state index contributed by atoms with van der Waals surface area (Å²) in [5, 5.41) is 8.80. The fourth-order valence-electron chi connectivity index (χ4n) is 3.04. The van der Waals surface area contributed by atoms with E-state index in [4.69, 9.17) is 14.6 Å². The number of hydrogen-bond acceptors (Lipinski definition) is 6. The average molecular weight is 475 g/mol. The second kappa shape index (κ2) is 7.49. The highest BCUT2D eigenvalue weighted by Crippen LogP contribution is 2.34. The van der Waals surface area contributed by atoms with Crippen LogP contribution in [0.4, 0.5) is 0 Å². The third-order valence-electron chi connectivity index (χ3n) is 4.39. The Morgan fingerprint density at radius 3 is 2.86 bits per heavy atom. The molecule has 2 aromatic carbocycles. The lowest BCUT2D eigenvalue weighted by Gasteiger charge is -2.11. The molecule has 0 saturated heterocycles. The number of fused-ring (bicyclic) bond motifs is 3. The predicted molar refractivity (Wildman–Crippen MR) is 114 cm³/mol. The van der Waals surface area contributed by atoms with Gasteiger partial charge >= 0.3 is 5.97 Å². The Morgan fingerprint density at radius 1 is 1.34 bits per heavy atom. The number of halogens is 1. The van der Waals surface area contributed by atoms with E-state index >= 15 is 0 Å². The van der Waals surface area contributed by atoms with Crippen molar-refractivity contribution in [2.75, 3.05) is 13.7 Å². The molecule has 9 heteroatoms. The number of aromatic nitrogens is 2. The van der Waals surface area contributed by atoms with Gasteiger partial charge in [0.1, 0.15) is 0 Å². The number of carboxylic acids is 1. The van der Waals surface area contributed by atoms with Gasteiger partial charge in [-0.05, 0) is 42.3 Å². The second-order valence-electron chi connectivity index (χ2n) is 6.30. The molecule has 0 aliphatic heterocycles. The van der Waals surface area contributed by atoms with Crippen molar-refractivity contribution in [1.29, 1.82) is 0 Å². The van der Waals surface area contributed by atoms with Gasteiger partial charge in [-0.15, -0.1) is 0 Å². The lowest BCUT2D eigenvalue weighted by atomic mass is 10.2. The van der Waals surface area contributed by atoms with Crippen molar-refractivity contribution in [3.63, 3.8) is 0 Å². The van der Waals surface area contributed by atoms with Crippen LogP contribution in [0.5, 0.6) is 11.5 Å². The molecule has 148 valence electrons. The zero-order valence-corrected chi connectivity index (χ0v) is 17.8. The van der Waals surface area contributed by atoms with Crippen molar-refractivity contribution < 1.29 is 19.4 Å². The highest BCUT2D eigenvalue weighted by molar-refractivity contribution is 9.10. The number of carbonyl (C=O) groups is 1. The number of imidazole rings is 1. The van der Waals surface area contributed by atoms with Crippen molar-refractivity contribution in [1.82, 2.24) is 9.38 Å². The molecule has 0 saturated carbocycles. The van der Waals surface area contributed by atoms with Crippen LogP contribution in [-0.4, -0.2) is 34.2 Å². The number of aliphatic carboxylic acids is 1. The Kier molecular flexibility index (Phi) is 5.01. The van der Waals surface area contributed by atoms with E-state index in [9.17, 15) is 9.59 Å². The van der Waals surface area contributed by atoms with Crippen molar-refractivity contribution in [3.05, 3.63) is 60.8 Å². The summed E-state index contributed by atoms with van der Waals surface area (Å²) in [5.74, 6) is -0.418. The summed E-state index contributed by atoms with van der Waals surface area (Å²) < 4.78 is 13.3. The van der Waals surface area contributed by atoms with Crippen LogP contribution in [0.1, 0.15) is 11.1 Å². The van der Waals surface area contributed by atoms with Crippen molar-refractivity contribution in [2.45, 2.75) is 6.92 Å². The van der Waals surface area contributed by atoms with E-state index in [1.165, 1.54) is 18.4 Å². The number of carboxylic acid groups (broad SMARTS) is 1. The summed E-state index contributed by atoms with van der Waals surface area (Å²) in [6, 6.07) is 9.06. The van der Waals surface area contributed by atoms with Crippen molar-refractivity contribution in [2.24, 2.45) is 0 Å². The minimum absolute atomic E-state index is 0.143. The Hall–Kier alpha value is -2.91. The number of methoxy groups -OCH3 is 1. The van der Waals surface area contributed by atoms with Gasteiger partial charge in [-0.2, -0.15) is 0 Å². The Bertz CT molecular complexity index is 1380. The lowest BCUT2D eigenvalue weighted by Crippen LogP contribution is -2.22. The van der Waals surface area contributed by atoms with Gasteiger partial charge < -0.3 is 14.6 Å². The molecular formula is C20H15BrN2O5S. The number of ether oxygens (including phenoxy) is 2. The normalized spacial score (nSPS) is 12.0. The molecule has 29 heavy (non-hydrogen) atoms. The number of nitrogens with zero attached hydrogens (tertiary/aromatic N) is 2. The highest BCUT2D eigenvalue weighted by Gasteiger charge is 2.14. The molecule has 0 amide bonds. The third-order valence-corrected chi connectivity index (χ3v) is 6.05. The molecule has 0 unspecified atom stereocenters. The van der Waals surface area contributed by atoms with Crippen LogP contribution < -0.4 is 19.6 Å². The fourth-order valence-corrected chi connectivity index (χ4v) is 4.45. The first kappa shape index (κ1) is 19.4. The van der Waals surface area contributed by atoms with Crippen LogP contribution in [-0.2, 0) is 4.79 Å². The summed E-state index contributed by atoms with van der Waals surface area (Å²) in [7, 11) is 1.47. The minimum Gasteiger partial charge on any atom is -0.493 e. The highest BCUT2D eigenvalue weighted by atomic mass is 79.9. The SMILES string of the molecule is COc1cc(/C=c2\sc3nc4c(C)cccc4n3c2=O)c(Br)cc1OCC(=O)O. The molecule has 2 heterocycles. The number of aryl methyl sites for hydroxylation is 1. The first-order chi connectivity index (χ1) is 13.9. The van der Waals surface area contributed by atoms with E-state index in [0.717, 1.165) is 16.6 Å². The number of rotatable bonds is 5. The average Bonchev–Trinajstić information content (AvgIpc) is 3.19. The first-order valence-electron chi connectivity index (χ1n) is 8.53. The Morgan fingerprint density at radius 2 is 2.14 bits per heavy atom. The van der Waals surface area contributed by atoms with Gasteiger partial charge in [-0.1, -0.05) is 39.4 Å². The zero-order chi connectivity index (χ0) is 20.7. The molecule has 0 aliphatic carbocycles. The van der Waals surface area contributed by atoms with E-state index in [0.29, 0.717) is 31.0 Å². The van der Waals surface area contributed by atoms with E-state index in [-0.39, 0.29) is 5.56 Å². The maximum atomic E-state index is 13.0. The molecule has 0 radical (unpaired) electrons. The summed E-state index contributed by atoms with van der Waals surface area (Å²) in [6.07, 6.45) is 1.75. The lowest BCUT2D eigenvalue weighted by molar-refractivity contribution is -0.139. The van der Waals surface area contributed by atoms with Gasteiger partial charge in [-0.25, -0.2) is 14.2 Å². The van der Waals surface area contributed by atoms with Gasteiger partial charge in [0.25, 0.3) is 5.56 Å². The molecule has 4 rings (SSSR count). The number of benzene rings is 2. The van der Waals surface area contributed by atoms with Gasteiger partial charge in [0.15, 0.2) is 23.1 Å². The topological polar surface area (TPSA) is 90.1 Å². The molecule has 0 atom stereocenters. The van der Waals surface area contributed by atoms with Gasteiger partial charge in [0.05, 0.1) is 22.7 Å². The summed E-state index contributed by atoms with van der Waals surface area (Å²) in [4.78, 5) is 29.0. The molecular weight excluding hydrogens is 460 g/mol. The van der Waals surface area contributed by atoms with Crippen LogP contribution >= 0.6 is 27.3 Å². The first-order valence-corrected chi connectivity index (χ1v) is 10.1. The summed E-state index contributed by atoms with van der Waals surface area (Å²) in [6.45, 7) is 1.49. The zero-order valence-electron chi connectivity index (χ0n) is 15.4. The van der Waals surface area contributed by atoms with Crippen LogP contribution in [0, 0.1) is 6.92 Å². The predicted octanol–water partition coefficient (Wildman–Crippen LogP) is 3.00. The monoisotopic (exact) mass is 474 g/mol. The smallest absolute Gasteiger partial charge is 0.341 e. The quantitative estimate of drug-likeness (QED) is 0.478. The van der Waals surface area contributed by atoms with Crippen LogP contribution in [0.2, 0.25) is 0 Å². The maximum absolute atomic E-state index is 13.0. The fraction of sp³-hybridized carbons (Fsp3) is 0.150. The van der Waals surface area contributed by atoms with E-state index < -0.39 is 12.6 Å². The molecule has 0 spiro atoms. The molecule has 7 nitrogen and oxygen atoms in total. The number of hydrogen-bond donors (Lipinski definition) is 1. The largest absolute Gasteiger partial charge is 0.493 e. The van der Waals surface area contributed by atoms with Crippen LogP contribution in [0.3, 0.4) is 0 Å². The second-order valence-corrected chi connectivity index (χ2v) is 8.16. The Balaban J connectivity index is 1.85. The number of thiazole rings is 1. The third kappa shape index (κ3) is 3.47. The molecule has 0 bridgehead atoms. The van der Waals surface area contributed by atoms with Gasteiger partial charge in [0, 0.05) is 4.47 Å². The summed E-state index contributed by atoms with van der Waals surface area (Å²) in [5.41, 5.74) is 3.19. The molecule has 0 aliphatic rings. The van der Waals surface area contributed by atoms with Crippen molar-refractivity contribution in [3.8, 4) is 11.5 Å². The molecule has 0 fully saturated rings. The van der Waals surface area contributed by atoms with Crippen molar-refractivity contribution >= 4 is 55.3 Å². The Labute approximate surface area is 176 Å². The van der Waals surface area contributed by atoms with Crippen LogP contribution in [0.15, 0.2) is 39.6 Å². The van der Waals surface area contributed by atoms with E-state index in [2.05, 4.69) is 20.9 Å². The van der Waals surface area contributed by atoms with E-state index in [1.807, 2.05) is 25.1 Å². The van der Waals surface area contributed by atoms with Gasteiger partial charge in [0.2, 0.25) is 0 Å². The molecule has 4 aromatic rings. The molecule has 2 aromatic heterocycles. The van der Waals surface area contributed by atoms with E-state index in [1.54, 1.807) is 22.6 Å². The number of para-hydroxylation sites is 1. The molecule has 1 N–H and O–H groups in total. The maximum Gasteiger partial charge on any atom is 0.341 e. The van der Waals surface area contributed by atoms with Gasteiger partial charge in [-0.3, -0.25) is 4.79 Å². The van der Waals surface area contributed by atoms with Crippen LogP contribution in [0.25, 0.3) is 22.1 Å². The minimum atomic E-state index is -1.08. The summed E-state index contributed by atoms with van der Waals surface area (Å²) >= 11 is 4.76. The standard InChI is InChI=1S/C20H15BrN2O5S/c1-10-4-3-5-13-18(10)22-20-23(13)19(26)16(29-20)7-11-6-14(27-2)15(8-12(11)21)28-9-17(24)25/h3-8H,9H2,1-2H3,(H,24,25)/b16-7-.